The second kappa shape index (κ2) is 4.17. The predicted octanol–water partition coefficient (Wildman–Crippen LogP) is 0.496. The summed E-state index contributed by atoms with van der Waals surface area (Å²) in [6.45, 7) is 6.98. The van der Waals surface area contributed by atoms with E-state index in [4.69, 9.17) is 0 Å². The molecule has 0 atom stereocenters. The van der Waals surface area contributed by atoms with Gasteiger partial charge < -0.3 is 10.2 Å². The molecule has 2 fully saturated rings. The second-order valence-electron chi connectivity index (χ2n) is 4.14. The molecular formula is C10H19N3O. The fourth-order valence-corrected chi connectivity index (χ4v) is 2.22. The lowest BCUT2D eigenvalue weighted by molar-refractivity contribution is 0.0719. The van der Waals surface area contributed by atoms with E-state index in [9.17, 15) is 4.79 Å². The van der Waals surface area contributed by atoms with Crippen molar-refractivity contribution >= 4 is 6.03 Å². The average molecular weight is 197 g/mol. The van der Waals surface area contributed by atoms with Crippen molar-refractivity contribution in [3.8, 4) is 0 Å². The lowest BCUT2D eigenvalue weighted by Crippen LogP contribution is -2.62. The Labute approximate surface area is 85.2 Å². The van der Waals surface area contributed by atoms with Crippen molar-refractivity contribution in [2.45, 2.75) is 25.8 Å². The molecule has 0 aliphatic carbocycles. The number of rotatable bonds is 2. The molecule has 0 saturated carbocycles. The van der Waals surface area contributed by atoms with E-state index in [0.717, 1.165) is 19.6 Å². The second-order valence-corrected chi connectivity index (χ2v) is 4.14. The maximum atomic E-state index is 11.4. The highest BCUT2D eigenvalue weighted by Crippen LogP contribution is 2.19. The molecule has 2 aliphatic rings. The summed E-state index contributed by atoms with van der Waals surface area (Å²) >= 11 is 0. The van der Waals surface area contributed by atoms with Crippen molar-refractivity contribution in [3.05, 3.63) is 0 Å². The van der Waals surface area contributed by atoms with E-state index in [1.807, 2.05) is 11.8 Å². The van der Waals surface area contributed by atoms with E-state index < -0.39 is 0 Å². The van der Waals surface area contributed by atoms with Gasteiger partial charge in [0.1, 0.15) is 0 Å². The van der Waals surface area contributed by atoms with Gasteiger partial charge in [-0.25, -0.2) is 4.79 Å². The van der Waals surface area contributed by atoms with E-state index in [1.54, 1.807) is 0 Å². The van der Waals surface area contributed by atoms with Crippen molar-refractivity contribution in [1.29, 1.82) is 0 Å². The Kier molecular flexibility index (Phi) is 2.91. The summed E-state index contributed by atoms with van der Waals surface area (Å²) in [5.74, 6) is 0. The molecule has 0 bridgehead atoms. The average Bonchev–Trinajstić information content (AvgIpc) is 2.54. The van der Waals surface area contributed by atoms with Crippen LogP contribution in [0.15, 0.2) is 0 Å². The van der Waals surface area contributed by atoms with Crippen LogP contribution in [0, 0.1) is 0 Å². The van der Waals surface area contributed by atoms with Gasteiger partial charge in [-0.1, -0.05) is 0 Å². The zero-order valence-electron chi connectivity index (χ0n) is 8.83. The minimum absolute atomic E-state index is 0.1000. The van der Waals surface area contributed by atoms with Crippen molar-refractivity contribution in [1.82, 2.24) is 15.1 Å². The van der Waals surface area contributed by atoms with Gasteiger partial charge in [0, 0.05) is 25.7 Å². The first-order chi connectivity index (χ1) is 6.81. The van der Waals surface area contributed by atoms with Crippen LogP contribution >= 0.6 is 0 Å². The van der Waals surface area contributed by atoms with E-state index in [2.05, 4.69) is 10.2 Å². The summed E-state index contributed by atoms with van der Waals surface area (Å²) in [7, 11) is 0. The number of likely N-dealkylation sites (tertiary alicyclic amines) is 2. The lowest BCUT2D eigenvalue weighted by Gasteiger charge is -2.43. The number of amides is 2. The molecule has 0 spiro atoms. The number of nitrogens with one attached hydrogen (secondary N) is 1. The number of urea groups is 1. The molecule has 4 heteroatoms. The molecule has 0 radical (unpaired) electrons. The lowest BCUT2D eigenvalue weighted by atomic mass is 10.1. The summed E-state index contributed by atoms with van der Waals surface area (Å²) in [5, 5.41) is 2.83. The molecule has 0 unspecified atom stereocenters. The largest absolute Gasteiger partial charge is 0.338 e. The number of hydrogen-bond donors (Lipinski definition) is 1. The minimum Gasteiger partial charge on any atom is -0.338 e. The molecule has 80 valence electrons. The van der Waals surface area contributed by atoms with Crippen molar-refractivity contribution in [2.24, 2.45) is 0 Å². The molecule has 0 aromatic heterocycles. The van der Waals surface area contributed by atoms with E-state index in [-0.39, 0.29) is 6.03 Å². The number of nitrogens with zero attached hydrogens (tertiary/aromatic N) is 2. The third kappa shape index (κ3) is 1.85. The first-order valence-corrected chi connectivity index (χ1v) is 5.58. The molecule has 4 nitrogen and oxygen atoms in total. The first-order valence-electron chi connectivity index (χ1n) is 5.58. The number of carbonyl (C=O) groups excluding carboxylic acids is 1. The molecule has 2 rings (SSSR count). The monoisotopic (exact) mass is 197 g/mol. The van der Waals surface area contributed by atoms with Crippen LogP contribution in [0.1, 0.15) is 19.8 Å². The van der Waals surface area contributed by atoms with Crippen molar-refractivity contribution in [3.63, 3.8) is 0 Å². The Morgan fingerprint density at radius 3 is 2.57 bits per heavy atom. The number of hydrogen-bond acceptors (Lipinski definition) is 2. The molecular weight excluding hydrogens is 178 g/mol. The van der Waals surface area contributed by atoms with Gasteiger partial charge in [0.05, 0.1) is 0 Å². The Morgan fingerprint density at radius 2 is 2.00 bits per heavy atom. The van der Waals surface area contributed by atoms with Crippen molar-refractivity contribution in [2.75, 3.05) is 32.7 Å². The van der Waals surface area contributed by atoms with Crippen LogP contribution in [0.2, 0.25) is 0 Å². The summed E-state index contributed by atoms with van der Waals surface area (Å²) in [6.07, 6.45) is 2.66. The van der Waals surface area contributed by atoms with Crippen LogP contribution in [0.3, 0.4) is 0 Å². The van der Waals surface area contributed by atoms with Gasteiger partial charge in [-0.3, -0.25) is 4.90 Å². The smallest absolute Gasteiger partial charge is 0.317 e. The van der Waals surface area contributed by atoms with Gasteiger partial charge in [-0.05, 0) is 32.9 Å². The summed E-state index contributed by atoms with van der Waals surface area (Å²) in [5.41, 5.74) is 0. The number of carbonyl (C=O) groups is 1. The summed E-state index contributed by atoms with van der Waals surface area (Å²) in [6, 6.07) is 0.739. The molecule has 0 aromatic rings. The third-order valence-corrected chi connectivity index (χ3v) is 3.13. The molecule has 0 aromatic carbocycles. The fourth-order valence-electron chi connectivity index (χ4n) is 2.22. The Balaban J connectivity index is 1.70. The maximum absolute atomic E-state index is 11.4. The summed E-state index contributed by atoms with van der Waals surface area (Å²) in [4.78, 5) is 15.8. The van der Waals surface area contributed by atoms with Gasteiger partial charge >= 0.3 is 6.03 Å². The third-order valence-electron chi connectivity index (χ3n) is 3.13. The van der Waals surface area contributed by atoms with Crippen LogP contribution < -0.4 is 5.32 Å². The molecule has 2 heterocycles. The predicted molar refractivity (Wildman–Crippen MR) is 55.2 cm³/mol. The van der Waals surface area contributed by atoms with Gasteiger partial charge in [0.25, 0.3) is 0 Å². The molecule has 14 heavy (non-hydrogen) atoms. The molecule has 2 aliphatic heterocycles. The standard InChI is InChI=1S/C10H19N3O/c1-2-11-10(14)13-7-9(8-13)12-5-3-4-6-12/h9H,2-8H2,1H3,(H,11,14). The maximum Gasteiger partial charge on any atom is 0.317 e. The van der Waals surface area contributed by atoms with E-state index in [1.165, 1.54) is 25.9 Å². The zero-order chi connectivity index (χ0) is 9.97. The summed E-state index contributed by atoms with van der Waals surface area (Å²) < 4.78 is 0. The van der Waals surface area contributed by atoms with Gasteiger partial charge in [-0.2, -0.15) is 0 Å². The highest BCUT2D eigenvalue weighted by molar-refractivity contribution is 5.75. The minimum atomic E-state index is 0.1000. The van der Waals surface area contributed by atoms with Crippen LogP contribution in [0.25, 0.3) is 0 Å². The van der Waals surface area contributed by atoms with Crippen LogP contribution in [0.5, 0.6) is 0 Å². The van der Waals surface area contributed by atoms with E-state index in [0.29, 0.717) is 6.04 Å². The fraction of sp³-hybridized carbons (Fsp3) is 0.900. The normalized spacial score (nSPS) is 23.6. The van der Waals surface area contributed by atoms with Crippen LogP contribution in [0.4, 0.5) is 4.79 Å². The van der Waals surface area contributed by atoms with Crippen molar-refractivity contribution < 1.29 is 4.79 Å². The quantitative estimate of drug-likeness (QED) is 0.699. The highest BCUT2D eigenvalue weighted by atomic mass is 16.2. The SMILES string of the molecule is CCNC(=O)N1CC(N2CCCC2)C1. The Bertz CT molecular complexity index is 207. The Morgan fingerprint density at radius 1 is 1.36 bits per heavy atom. The van der Waals surface area contributed by atoms with E-state index >= 15 is 0 Å². The molecule has 2 saturated heterocycles. The molecule has 1 N–H and O–H groups in total. The van der Waals surface area contributed by atoms with Gasteiger partial charge in [0.2, 0.25) is 0 Å². The van der Waals surface area contributed by atoms with Crippen LogP contribution in [-0.4, -0.2) is 54.6 Å². The topological polar surface area (TPSA) is 35.6 Å². The Hall–Kier alpha value is -0.770. The van der Waals surface area contributed by atoms with Gasteiger partial charge in [0.15, 0.2) is 0 Å². The van der Waals surface area contributed by atoms with Gasteiger partial charge in [-0.15, -0.1) is 0 Å². The van der Waals surface area contributed by atoms with Crippen LogP contribution in [-0.2, 0) is 0 Å². The molecule has 2 amide bonds. The zero-order valence-corrected chi connectivity index (χ0v) is 8.83. The highest BCUT2D eigenvalue weighted by Gasteiger charge is 2.35. The first kappa shape index (κ1) is 9.77.